The Bertz CT molecular complexity index is 105. The molecule has 10 heavy (non-hydrogen) atoms. The van der Waals surface area contributed by atoms with E-state index in [0.29, 0.717) is 6.42 Å². The molecule has 0 aliphatic rings. The summed E-state index contributed by atoms with van der Waals surface area (Å²) < 4.78 is 4.31. The summed E-state index contributed by atoms with van der Waals surface area (Å²) in [6, 6.07) is 0. The molecular weight excluding hydrogens is 152 g/mol. The maximum Gasteiger partial charge on any atom is 0.334 e. The summed E-state index contributed by atoms with van der Waals surface area (Å²) in [6.07, 6.45) is 1.44. The van der Waals surface area contributed by atoms with Crippen LogP contribution in [-0.4, -0.2) is 36.3 Å². The first-order valence-electron chi connectivity index (χ1n) is 2.97. The van der Waals surface area contributed by atoms with E-state index >= 15 is 0 Å². The Morgan fingerprint density at radius 2 is 2.40 bits per heavy atom. The van der Waals surface area contributed by atoms with Gasteiger partial charge in [0.2, 0.25) is 0 Å². The molecular formula is C6H12O3S. The van der Waals surface area contributed by atoms with Crippen LogP contribution in [0.4, 0.5) is 0 Å². The molecule has 0 aromatic rings. The Labute approximate surface area is 64.8 Å². The first kappa shape index (κ1) is 9.78. The van der Waals surface area contributed by atoms with Crippen LogP contribution in [0.5, 0.6) is 0 Å². The molecule has 4 heteroatoms. The number of ether oxygens (including phenoxy) is 1. The lowest BCUT2D eigenvalue weighted by Gasteiger charge is -2.05. The van der Waals surface area contributed by atoms with Crippen LogP contribution in [-0.2, 0) is 9.53 Å². The number of carbonyl (C=O) groups is 1. The Hall–Kier alpha value is -0.220. The number of carbonyl (C=O) groups excluding carboxylic acids is 1. The summed E-state index contributed by atoms with van der Waals surface area (Å²) >= 11 is 1.59. The van der Waals surface area contributed by atoms with Gasteiger partial charge in [-0.3, -0.25) is 0 Å². The molecule has 0 bridgehead atoms. The van der Waals surface area contributed by atoms with Crippen molar-refractivity contribution in [2.45, 2.75) is 12.5 Å². The number of methoxy groups -OCH3 is 1. The summed E-state index contributed by atoms with van der Waals surface area (Å²) in [7, 11) is 1.27. The van der Waals surface area contributed by atoms with E-state index in [1.165, 1.54) is 7.11 Å². The highest BCUT2D eigenvalue weighted by Gasteiger charge is 2.13. The van der Waals surface area contributed by atoms with Crippen LogP contribution in [0.15, 0.2) is 0 Å². The van der Waals surface area contributed by atoms with E-state index in [9.17, 15) is 4.79 Å². The molecule has 0 aliphatic carbocycles. The van der Waals surface area contributed by atoms with Crippen LogP contribution in [0.3, 0.4) is 0 Å². The Morgan fingerprint density at radius 3 is 2.80 bits per heavy atom. The third kappa shape index (κ3) is 3.74. The second-order valence-corrected chi connectivity index (χ2v) is 2.81. The molecule has 0 saturated heterocycles. The van der Waals surface area contributed by atoms with Gasteiger partial charge in [0.05, 0.1) is 7.11 Å². The van der Waals surface area contributed by atoms with Crippen LogP contribution >= 0.6 is 11.8 Å². The Kier molecular flexibility index (Phi) is 5.43. The third-order valence-corrected chi connectivity index (χ3v) is 1.71. The van der Waals surface area contributed by atoms with Crippen molar-refractivity contribution in [1.82, 2.24) is 0 Å². The second kappa shape index (κ2) is 5.56. The third-order valence-electron chi connectivity index (χ3n) is 1.07. The van der Waals surface area contributed by atoms with E-state index < -0.39 is 12.1 Å². The van der Waals surface area contributed by atoms with Gasteiger partial charge in [0.1, 0.15) is 0 Å². The summed E-state index contributed by atoms with van der Waals surface area (Å²) in [5.41, 5.74) is 0. The molecule has 1 unspecified atom stereocenters. The maximum absolute atomic E-state index is 10.5. The maximum atomic E-state index is 10.5. The lowest BCUT2D eigenvalue weighted by atomic mass is 10.3. The van der Waals surface area contributed by atoms with Crippen molar-refractivity contribution >= 4 is 17.7 Å². The number of aliphatic hydroxyl groups is 1. The molecule has 0 amide bonds. The summed E-state index contributed by atoms with van der Waals surface area (Å²) in [5, 5.41) is 8.96. The molecule has 0 heterocycles. The predicted octanol–water partition coefficient (Wildman–Crippen LogP) is 0.273. The molecule has 60 valence electrons. The molecule has 0 spiro atoms. The van der Waals surface area contributed by atoms with Crippen LogP contribution in [0.25, 0.3) is 0 Å². The van der Waals surface area contributed by atoms with Gasteiger partial charge in [-0.05, 0) is 18.4 Å². The first-order chi connectivity index (χ1) is 4.72. The van der Waals surface area contributed by atoms with Gasteiger partial charge in [-0.2, -0.15) is 11.8 Å². The van der Waals surface area contributed by atoms with E-state index in [2.05, 4.69) is 4.74 Å². The normalized spacial score (nSPS) is 12.7. The first-order valence-corrected chi connectivity index (χ1v) is 4.36. The number of esters is 1. The largest absolute Gasteiger partial charge is 0.467 e. The van der Waals surface area contributed by atoms with Gasteiger partial charge in [-0.15, -0.1) is 0 Å². The van der Waals surface area contributed by atoms with Gasteiger partial charge in [-0.25, -0.2) is 4.79 Å². The van der Waals surface area contributed by atoms with Crippen molar-refractivity contribution in [3.63, 3.8) is 0 Å². The van der Waals surface area contributed by atoms with Gasteiger partial charge in [0.15, 0.2) is 6.10 Å². The minimum Gasteiger partial charge on any atom is -0.467 e. The standard InChI is InChI=1S/C6H12O3S/c1-9-6(8)5(7)3-4-10-2/h5,7H,3-4H2,1-2H3. The zero-order valence-corrected chi connectivity index (χ0v) is 6.98. The monoisotopic (exact) mass is 164 g/mol. The average molecular weight is 164 g/mol. The molecule has 0 fully saturated rings. The van der Waals surface area contributed by atoms with Gasteiger partial charge < -0.3 is 9.84 Å². The van der Waals surface area contributed by atoms with Crippen molar-refractivity contribution in [1.29, 1.82) is 0 Å². The van der Waals surface area contributed by atoms with Crippen molar-refractivity contribution in [3.05, 3.63) is 0 Å². The molecule has 0 aromatic heterocycles. The highest BCUT2D eigenvalue weighted by molar-refractivity contribution is 7.98. The minimum atomic E-state index is -0.947. The molecule has 1 atom stereocenters. The smallest absolute Gasteiger partial charge is 0.334 e. The number of aliphatic hydroxyl groups excluding tert-OH is 1. The van der Waals surface area contributed by atoms with Crippen molar-refractivity contribution in [2.24, 2.45) is 0 Å². The molecule has 0 rings (SSSR count). The van der Waals surface area contributed by atoms with Crippen LogP contribution in [0.1, 0.15) is 6.42 Å². The predicted molar refractivity (Wildman–Crippen MR) is 41.0 cm³/mol. The quantitative estimate of drug-likeness (QED) is 0.606. The number of hydrogen-bond donors (Lipinski definition) is 1. The summed E-state index contributed by atoms with van der Waals surface area (Å²) in [5.74, 6) is 0.227. The SMILES string of the molecule is COC(=O)C(O)CCSC. The molecule has 0 saturated carbocycles. The van der Waals surface area contributed by atoms with E-state index in [1.54, 1.807) is 11.8 Å². The molecule has 3 nitrogen and oxygen atoms in total. The fraction of sp³-hybridized carbons (Fsp3) is 0.833. The van der Waals surface area contributed by atoms with E-state index in [1.807, 2.05) is 6.26 Å². The van der Waals surface area contributed by atoms with Crippen molar-refractivity contribution in [3.8, 4) is 0 Å². The van der Waals surface area contributed by atoms with E-state index in [4.69, 9.17) is 5.11 Å². The zero-order valence-electron chi connectivity index (χ0n) is 6.16. The topological polar surface area (TPSA) is 46.5 Å². The Morgan fingerprint density at radius 1 is 1.80 bits per heavy atom. The second-order valence-electron chi connectivity index (χ2n) is 1.82. The van der Waals surface area contributed by atoms with Gasteiger partial charge in [0.25, 0.3) is 0 Å². The van der Waals surface area contributed by atoms with Crippen LogP contribution in [0.2, 0.25) is 0 Å². The lowest BCUT2D eigenvalue weighted by molar-refractivity contribution is -0.150. The van der Waals surface area contributed by atoms with Crippen LogP contribution < -0.4 is 0 Å². The van der Waals surface area contributed by atoms with Gasteiger partial charge >= 0.3 is 5.97 Å². The van der Waals surface area contributed by atoms with E-state index in [0.717, 1.165) is 5.75 Å². The Balaban J connectivity index is 3.41. The van der Waals surface area contributed by atoms with Crippen LogP contribution in [0, 0.1) is 0 Å². The number of rotatable bonds is 4. The summed E-state index contributed by atoms with van der Waals surface area (Å²) in [6.45, 7) is 0. The highest BCUT2D eigenvalue weighted by atomic mass is 32.2. The average Bonchev–Trinajstić information content (AvgIpc) is 1.98. The summed E-state index contributed by atoms with van der Waals surface area (Å²) in [4.78, 5) is 10.5. The van der Waals surface area contributed by atoms with Gasteiger partial charge in [0, 0.05) is 0 Å². The molecule has 0 aliphatic heterocycles. The number of hydrogen-bond acceptors (Lipinski definition) is 4. The number of thioether (sulfide) groups is 1. The van der Waals surface area contributed by atoms with Crippen molar-refractivity contribution in [2.75, 3.05) is 19.1 Å². The molecule has 1 N–H and O–H groups in total. The van der Waals surface area contributed by atoms with Crippen molar-refractivity contribution < 1.29 is 14.6 Å². The fourth-order valence-electron chi connectivity index (χ4n) is 0.483. The molecule has 0 aromatic carbocycles. The fourth-order valence-corrected chi connectivity index (χ4v) is 0.942. The van der Waals surface area contributed by atoms with E-state index in [-0.39, 0.29) is 0 Å². The zero-order chi connectivity index (χ0) is 7.98. The highest BCUT2D eigenvalue weighted by Crippen LogP contribution is 2.00. The molecule has 0 radical (unpaired) electrons. The lowest BCUT2D eigenvalue weighted by Crippen LogP contribution is -2.22. The van der Waals surface area contributed by atoms with Gasteiger partial charge in [-0.1, -0.05) is 0 Å². The minimum absolute atomic E-state index is 0.466.